The molecule has 1 rings (SSSR count). The van der Waals surface area contributed by atoms with Crippen molar-refractivity contribution in [3.8, 4) is 0 Å². The topological polar surface area (TPSA) is 63.6 Å². The van der Waals surface area contributed by atoms with E-state index in [0.717, 1.165) is 0 Å². The first kappa shape index (κ1) is 9.77. The Morgan fingerprint density at radius 3 is 2.62 bits per heavy atom. The molecule has 0 amide bonds. The van der Waals surface area contributed by atoms with E-state index in [1.165, 1.54) is 12.2 Å². The van der Waals surface area contributed by atoms with Gasteiger partial charge in [-0.05, 0) is 12.0 Å². The second-order valence-corrected chi connectivity index (χ2v) is 3.43. The van der Waals surface area contributed by atoms with Gasteiger partial charge in [0.05, 0.1) is 6.42 Å². The average molecular weight is 184 g/mol. The average Bonchev–Trinajstić information content (AvgIpc) is 2.31. The molecule has 0 aliphatic carbocycles. The SMILES string of the molecule is CC(C)C1(CC(=O)O)C=CC(=O)O1. The van der Waals surface area contributed by atoms with Gasteiger partial charge in [-0.2, -0.15) is 0 Å². The van der Waals surface area contributed by atoms with E-state index in [1.54, 1.807) is 0 Å². The van der Waals surface area contributed by atoms with Gasteiger partial charge in [0.15, 0.2) is 0 Å². The number of cyclic esters (lactones) is 1. The summed E-state index contributed by atoms with van der Waals surface area (Å²) in [5.41, 5.74) is -0.942. The summed E-state index contributed by atoms with van der Waals surface area (Å²) in [4.78, 5) is 21.4. The summed E-state index contributed by atoms with van der Waals surface area (Å²) in [6.07, 6.45) is 2.64. The van der Waals surface area contributed by atoms with Crippen molar-refractivity contribution in [1.82, 2.24) is 0 Å². The molecule has 1 heterocycles. The Hall–Kier alpha value is -1.32. The van der Waals surface area contributed by atoms with Crippen molar-refractivity contribution >= 4 is 11.9 Å². The van der Waals surface area contributed by atoms with E-state index in [0.29, 0.717) is 0 Å². The quantitative estimate of drug-likeness (QED) is 0.664. The standard InChI is InChI=1S/C9H12O4/c1-6(2)9(5-7(10)11)4-3-8(12)13-9/h3-4,6H,5H2,1-2H3,(H,10,11). The molecule has 1 atom stereocenters. The van der Waals surface area contributed by atoms with Gasteiger partial charge in [0.2, 0.25) is 0 Å². The Balaban J connectivity index is 2.84. The Labute approximate surface area is 76.2 Å². The zero-order chi connectivity index (χ0) is 10.1. The van der Waals surface area contributed by atoms with Crippen LogP contribution in [0.2, 0.25) is 0 Å². The molecule has 0 radical (unpaired) electrons. The minimum atomic E-state index is -0.965. The zero-order valence-electron chi connectivity index (χ0n) is 7.61. The number of carboxylic acid groups (broad SMARTS) is 1. The van der Waals surface area contributed by atoms with Gasteiger partial charge in [-0.3, -0.25) is 4.79 Å². The van der Waals surface area contributed by atoms with E-state index >= 15 is 0 Å². The van der Waals surface area contributed by atoms with E-state index in [1.807, 2.05) is 13.8 Å². The van der Waals surface area contributed by atoms with E-state index in [9.17, 15) is 9.59 Å². The lowest BCUT2D eigenvalue weighted by Gasteiger charge is -2.28. The fraction of sp³-hybridized carbons (Fsp3) is 0.556. The summed E-state index contributed by atoms with van der Waals surface area (Å²) < 4.78 is 4.99. The van der Waals surface area contributed by atoms with Crippen molar-refractivity contribution in [2.24, 2.45) is 5.92 Å². The van der Waals surface area contributed by atoms with Crippen LogP contribution < -0.4 is 0 Å². The molecule has 1 aliphatic rings. The molecule has 0 aromatic rings. The van der Waals surface area contributed by atoms with Crippen LogP contribution in [0.25, 0.3) is 0 Å². The van der Waals surface area contributed by atoms with Crippen LogP contribution in [-0.4, -0.2) is 22.6 Å². The molecule has 0 fully saturated rings. The molecule has 1 N–H and O–H groups in total. The van der Waals surface area contributed by atoms with Crippen molar-refractivity contribution in [3.63, 3.8) is 0 Å². The third-order valence-corrected chi connectivity index (χ3v) is 2.20. The Morgan fingerprint density at radius 2 is 2.31 bits per heavy atom. The highest BCUT2D eigenvalue weighted by molar-refractivity contribution is 5.86. The summed E-state index contributed by atoms with van der Waals surface area (Å²) in [5, 5.41) is 8.65. The minimum Gasteiger partial charge on any atom is -0.481 e. The van der Waals surface area contributed by atoms with Crippen molar-refractivity contribution in [1.29, 1.82) is 0 Å². The Morgan fingerprint density at radius 1 is 1.69 bits per heavy atom. The molecule has 0 bridgehead atoms. The van der Waals surface area contributed by atoms with Crippen LogP contribution in [0.4, 0.5) is 0 Å². The van der Waals surface area contributed by atoms with Gasteiger partial charge in [0, 0.05) is 6.08 Å². The van der Waals surface area contributed by atoms with Crippen LogP contribution in [-0.2, 0) is 14.3 Å². The van der Waals surface area contributed by atoms with Gasteiger partial charge in [-0.25, -0.2) is 4.79 Å². The van der Waals surface area contributed by atoms with E-state index < -0.39 is 17.5 Å². The third-order valence-electron chi connectivity index (χ3n) is 2.20. The van der Waals surface area contributed by atoms with Gasteiger partial charge in [-0.1, -0.05) is 13.8 Å². The molecule has 72 valence electrons. The predicted molar refractivity (Wildman–Crippen MR) is 45.1 cm³/mol. The zero-order valence-corrected chi connectivity index (χ0v) is 7.61. The van der Waals surface area contributed by atoms with Crippen molar-refractivity contribution in [3.05, 3.63) is 12.2 Å². The van der Waals surface area contributed by atoms with E-state index in [-0.39, 0.29) is 12.3 Å². The minimum absolute atomic E-state index is 0.0358. The number of carboxylic acids is 1. The summed E-state index contributed by atoms with van der Waals surface area (Å²) >= 11 is 0. The molecule has 0 spiro atoms. The van der Waals surface area contributed by atoms with Crippen LogP contribution >= 0.6 is 0 Å². The number of aliphatic carboxylic acids is 1. The Kier molecular flexibility index (Phi) is 2.40. The summed E-state index contributed by atoms with van der Waals surface area (Å²) in [5.74, 6) is -1.46. The monoisotopic (exact) mass is 184 g/mol. The number of hydrogen-bond acceptors (Lipinski definition) is 3. The summed E-state index contributed by atoms with van der Waals surface area (Å²) in [6.45, 7) is 3.65. The second kappa shape index (κ2) is 3.20. The lowest BCUT2D eigenvalue weighted by atomic mass is 9.87. The molecular formula is C9H12O4. The maximum atomic E-state index is 10.8. The van der Waals surface area contributed by atoms with Crippen LogP contribution in [0.5, 0.6) is 0 Å². The molecule has 4 nitrogen and oxygen atoms in total. The highest BCUT2D eigenvalue weighted by Gasteiger charge is 2.40. The molecule has 1 unspecified atom stereocenters. The van der Waals surface area contributed by atoms with Gasteiger partial charge >= 0.3 is 11.9 Å². The number of ether oxygens (including phenoxy) is 1. The molecule has 4 heteroatoms. The van der Waals surface area contributed by atoms with Crippen LogP contribution in [0.1, 0.15) is 20.3 Å². The largest absolute Gasteiger partial charge is 0.481 e. The van der Waals surface area contributed by atoms with Crippen LogP contribution in [0.15, 0.2) is 12.2 Å². The van der Waals surface area contributed by atoms with Crippen molar-refractivity contribution in [2.45, 2.75) is 25.9 Å². The maximum Gasteiger partial charge on any atom is 0.331 e. The first-order chi connectivity index (χ1) is 5.96. The first-order valence-electron chi connectivity index (χ1n) is 4.10. The number of carbonyl (C=O) groups excluding carboxylic acids is 1. The maximum absolute atomic E-state index is 10.8. The molecule has 13 heavy (non-hydrogen) atoms. The number of carbonyl (C=O) groups is 2. The van der Waals surface area contributed by atoms with Crippen molar-refractivity contribution in [2.75, 3.05) is 0 Å². The van der Waals surface area contributed by atoms with Gasteiger partial charge in [-0.15, -0.1) is 0 Å². The smallest absolute Gasteiger partial charge is 0.331 e. The summed E-state index contributed by atoms with van der Waals surface area (Å²) in [6, 6.07) is 0. The van der Waals surface area contributed by atoms with Crippen LogP contribution in [0, 0.1) is 5.92 Å². The predicted octanol–water partition coefficient (Wildman–Crippen LogP) is 0.969. The second-order valence-electron chi connectivity index (χ2n) is 3.43. The number of rotatable bonds is 3. The first-order valence-corrected chi connectivity index (χ1v) is 4.10. The molecule has 0 aromatic heterocycles. The van der Waals surface area contributed by atoms with E-state index in [2.05, 4.69) is 0 Å². The Bertz CT molecular complexity index is 267. The number of esters is 1. The normalized spacial score (nSPS) is 26.5. The fourth-order valence-electron chi connectivity index (χ4n) is 1.31. The fourth-order valence-corrected chi connectivity index (χ4v) is 1.31. The lowest BCUT2D eigenvalue weighted by Crippen LogP contribution is -2.37. The van der Waals surface area contributed by atoms with Gasteiger partial charge in [0.25, 0.3) is 0 Å². The van der Waals surface area contributed by atoms with E-state index in [4.69, 9.17) is 9.84 Å². The molecular weight excluding hydrogens is 172 g/mol. The van der Waals surface area contributed by atoms with Gasteiger partial charge in [0.1, 0.15) is 5.60 Å². The van der Waals surface area contributed by atoms with Gasteiger partial charge < -0.3 is 9.84 Å². The number of hydrogen-bond donors (Lipinski definition) is 1. The summed E-state index contributed by atoms with van der Waals surface area (Å²) in [7, 11) is 0. The molecule has 1 aliphatic heterocycles. The lowest BCUT2D eigenvalue weighted by molar-refractivity contribution is -0.155. The highest BCUT2D eigenvalue weighted by Crippen LogP contribution is 2.31. The molecule has 0 saturated heterocycles. The molecule has 0 saturated carbocycles. The third kappa shape index (κ3) is 1.88. The molecule has 0 aromatic carbocycles. The van der Waals surface area contributed by atoms with Crippen LogP contribution in [0.3, 0.4) is 0 Å². The van der Waals surface area contributed by atoms with Crippen molar-refractivity contribution < 1.29 is 19.4 Å². The highest BCUT2D eigenvalue weighted by atomic mass is 16.6.